The van der Waals surface area contributed by atoms with E-state index in [4.69, 9.17) is 9.47 Å². The molecule has 0 radical (unpaired) electrons. The molecule has 0 aliphatic heterocycles. The van der Waals surface area contributed by atoms with Crippen LogP contribution in [0.2, 0.25) is 0 Å². The van der Waals surface area contributed by atoms with E-state index in [0.717, 1.165) is 28.2 Å². The number of nitrogens with zero attached hydrogens (tertiary/aromatic N) is 1. The number of carbonyl (C=O) groups is 2. The Morgan fingerprint density at radius 1 is 0.917 bits per heavy atom. The van der Waals surface area contributed by atoms with Crippen LogP contribution in [0.15, 0.2) is 78.9 Å². The van der Waals surface area contributed by atoms with E-state index in [1.165, 1.54) is 0 Å². The molecule has 0 fully saturated rings. The molecule has 6 heteroatoms. The van der Waals surface area contributed by atoms with Gasteiger partial charge in [-0.15, -0.1) is 0 Å². The lowest BCUT2D eigenvalue weighted by atomic mass is 10.0. The fraction of sp³-hybridized carbons (Fsp3) is 0.333. The number of nitrogens with one attached hydrogen (secondary N) is 1. The molecule has 3 aromatic carbocycles. The molecule has 0 aliphatic rings. The maximum Gasteiger partial charge on any atom is 0.243 e. The Balaban J connectivity index is 1.74. The summed E-state index contributed by atoms with van der Waals surface area (Å²) in [5, 5.41) is 2.93. The maximum atomic E-state index is 13.5. The fourth-order valence-electron chi connectivity index (χ4n) is 4.08. The van der Waals surface area contributed by atoms with E-state index in [9.17, 15) is 9.59 Å². The number of methoxy groups -OCH3 is 1. The first-order valence-electron chi connectivity index (χ1n) is 12.4. The summed E-state index contributed by atoms with van der Waals surface area (Å²) in [6.45, 7) is 5.19. The zero-order valence-electron chi connectivity index (χ0n) is 21.4. The van der Waals surface area contributed by atoms with Crippen molar-refractivity contribution >= 4 is 11.8 Å². The Morgan fingerprint density at radius 3 is 2.28 bits per heavy atom. The highest BCUT2D eigenvalue weighted by Crippen LogP contribution is 2.19. The number of ether oxygens (including phenoxy) is 2. The third-order valence-electron chi connectivity index (χ3n) is 5.92. The van der Waals surface area contributed by atoms with Gasteiger partial charge in [0.25, 0.3) is 0 Å². The quantitative estimate of drug-likeness (QED) is 0.346. The molecule has 3 rings (SSSR count). The van der Waals surface area contributed by atoms with Gasteiger partial charge in [-0.05, 0) is 55.7 Å². The number of rotatable bonds is 13. The van der Waals surface area contributed by atoms with Crippen molar-refractivity contribution in [3.05, 3.63) is 95.6 Å². The van der Waals surface area contributed by atoms with E-state index in [1.807, 2.05) is 86.6 Å². The Bertz CT molecular complexity index is 1100. The van der Waals surface area contributed by atoms with Crippen LogP contribution >= 0.6 is 0 Å². The van der Waals surface area contributed by atoms with Crippen LogP contribution in [0.1, 0.15) is 36.5 Å². The smallest absolute Gasteiger partial charge is 0.243 e. The van der Waals surface area contributed by atoms with Crippen LogP contribution < -0.4 is 14.8 Å². The van der Waals surface area contributed by atoms with Crippen molar-refractivity contribution in [2.75, 3.05) is 20.3 Å². The summed E-state index contributed by atoms with van der Waals surface area (Å²) in [6, 6.07) is 24.6. The molecule has 36 heavy (non-hydrogen) atoms. The molecule has 1 atom stereocenters. The Labute approximate surface area is 214 Å². The van der Waals surface area contributed by atoms with Gasteiger partial charge in [-0.1, -0.05) is 60.2 Å². The summed E-state index contributed by atoms with van der Waals surface area (Å²) in [5.41, 5.74) is 3.13. The number of aryl methyl sites for hydroxylation is 1. The molecular formula is C30H36N2O4. The van der Waals surface area contributed by atoms with Crippen molar-refractivity contribution in [1.29, 1.82) is 0 Å². The van der Waals surface area contributed by atoms with E-state index in [1.54, 1.807) is 12.0 Å². The third kappa shape index (κ3) is 8.15. The molecule has 0 saturated heterocycles. The summed E-state index contributed by atoms with van der Waals surface area (Å²) >= 11 is 0. The van der Waals surface area contributed by atoms with Crippen molar-refractivity contribution in [1.82, 2.24) is 10.2 Å². The Hall–Kier alpha value is -3.80. The second-order valence-corrected chi connectivity index (χ2v) is 8.74. The molecule has 3 aromatic rings. The monoisotopic (exact) mass is 488 g/mol. The standard InChI is InChI=1S/C30H36N2O4/c1-4-31-30(34)28(21-24-11-6-5-7-12-24)32(22-25-13-8-10-23(2)20-25)29(33)14-9-19-36-27-17-15-26(35-3)16-18-27/h5-8,10-13,15-18,20,28H,4,9,14,19,21-22H2,1-3H3,(H,31,34)/t28-/m1/s1. The molecule has 0 aromatic heterocycles. The third-order valence-corrected chi connectivity index (χ3v) is 5.92. The first kappa shape index (κ1) is 26.8. The van der Waals surface area contributed by atoms with Crippen molar-refractivity contribution in [2.45, 2.75) is 45.7 Å². The van der Waals surface area contributed by atoms with E-state index >= 15 is 0 Å². The molecule has 6 nitrogen and oxygen atoms in total. The van der Waals surface area contributed by atoms with Crippen LogP contribution in [0.25, 0.3) is 0 Å². The number of hydrogen-bond acceptors (Lipinski definition) is 4. The summed E-state index contributed by atoms with van der Waals surface area (Å²) in [4.78, 5) is 28.4. The summed E-state index contributed by atoms with van der Waals surface area (Å²) in [7, 11) is 1.62. The van der Waals surface area contributed by atoms with Crippen molar-refractivity contribution in [3.8, 4) is 11.5 Å². The van der Waals surface area contributed by atoms with E-state index < -0.39 is 6.04 Å². The average molecular weight is 489 g/mol. The minimum atomic E-state index is -0.608. The van der Waals surface area contributed by atoms with Gasteiger partial charge in [0.05, 0.1) is 13.7 Å². The summed E-state index contributed by atoms with van der Waals surface area (Å²) in [6.07, 6.45) is 1.28. The van der Waals surface area contributed by atoms with Gasteiger partial charge in [0, 0.05) is 25.9 Å². The number of likely N-dealkylation sites (N-methyl/N-ethyl adjacent to an activating group) is 1. The Morgan fingerprint density at radius 2 is 1.61 bits per heavy atom. The van der Waals surface area contributed by atoms with Crippen molar-refractivity contribution in [2.24, 2.45) is 0 Å². The predicted octanol–water partition coefficient (Wildman–Crippen LogP) is 4.94. The van der Waals surface area contributed by atoms with Gasteiger partial charge in [-0.25, -0.2) is 0 Å². The van der Waals surface area contributed by atoms with Gasteiger partial charge >= 0.3 is 0 Å². The van der Waals surface area contributed by atoms with Gasteiger partial charge in [0.2, 0.25) is 11.8 Å². The van der Waals surface area contributed by atoms with Crippen LogP contribution in [-0.2, 0) is 22.6 Å². The number of hydrogen-bond donors (Lipinski definition) is 1. The molecule has 0 unspecified atom stereocenters. The van der Waals surface area contributed by atoms with Gasteiger partial charge in [-0.3, -0.25) is 9.59 Å². The maximum absolute atomic E-state index is 13.5. The Kier molecular flexibility index (Phi) is 10.4. The number of carbonyl (C=O) groups excluding carboxylic acids is 2. The number of amides is 2. The highest BCUT2D eigenvalue weighted by atomic mass is 16.5. The lowest BCUT2D eigenvalue weighted by molar-refractivity contribution is -0.141. The summed E-state index contributed by atoms with van der Waals surface area (Å²) in [5.74, 6) is 1.28. The minimum absolute atomic E-state index is 0.0676. The van der Waals surface area contributed by atoms with Gasteiger partial charge in [0.15, 0.2) is 0 Å². The highest BCUT2D eigenvalue weighted by Gasteiger charge is 2.29. The first-order valence-corrected chi connectivity index (χ1v) is 12.4. The van der Waals surface area contributed by atoms with Crippen LogP contribution in [0.3, 0.4) is 0 Å². The van der Waals surface area contributed by atoms with Gasteiger partial charge in [-0.2, -0.15) is 0 Å². The zero-order valence-corrected chi connectivity index (χ0v) is 21.4. The van der Waals surface area contributed by atoms with Crippen molar-refractivity contribution < 1.29 is 19.1 Å². The molecular weight excluding hydrogens is 452 g/mol. The molecule has 190 valence electrons. The fourth-order valence-corrected chi connectivity index (χ4v) is 4.08. The molecule has 1 N–H and O–H groups in total. The van der Waals surface area contributed by atoms with E-state index in [0.29, 0.717) is 32.5 Å². The molecule has 0 saturated carbocycles. The highest BCUT2D eigenvalue weighted by molar-refractivity contribution is 5.88. The molecule has 0 spiro atoms. The molecule has 0 bridgehead atoms. The average Bonchev–Trinajstić information content (AvgIpc) is 2.89. The largest absolute Gasteiger partial charge is 0.497 e. The predicted molar refractivity (Wildman–Crippen MR) is 142 cm³/mol. The van der Waals surface area contributed by atoms with Crippen molar-refractivity contribution in [3.63, 3.8) is 0 Å². The SMILES string of the molecule is CCNC(=O)[C@@H](Cc1ccccc1)N(Cc1cccc(C)c1)C(=O)CCCOc1ccc(OC)cc1. The first-order chi connectivity index (χ1) is 17.5. The summed E-state index contributed by atoms with van der Waals surface area (Å²) < 4.78 is 11.0. The van der Waals surface area contributed by atoms with Gasteiger partial charge < -0.3 is 19.7 Å². The van der Waals surface area contributed by atoms with Crippen LogP contribution in [-0.4, -0.2) is 43.0 Å². The van der Waals surface area contributed by atoms with E-state index in [-0.39, 0.29) is 18.2 Å². The molecule has 2 amide bonds. The lowest BCUT2D eigenvalue weighted by Gasteiger charge is -2.31. The topological polar surface area (TPSA) is 67.9 Å². The van der Waals surface area contributed by atoms with Crippen LogP contribution in [0.4, 0.5) is 0 Å². The number of benzene rings is 3. The second kappa shape index (κ2) is 13.9. The second-order valence-electron chi connectivity index (χ2n) is 8.74. The molecule has 0 aliphatic carbocycles. The van der Waals surface area contributed by atoms with Crippen LogP contribution in [0.5, 0.6) is 11.5 Å². The van der Waals surface area contributed by atoms with Crippen LogP contribution in [0, 0.1) is 6.92 Å². The van der Waals surface area contributed by atoms with Gasteiger partial charge in [0.1, 0.15) is 17.5 Å². The molecule has 0 heterocycles. The minimum Gasteiger partial charge on any atom is -0.497 e. The zero-order chi connectivity index (χ0) is 25.8. The lowest BCUT2D eigenvalue weighted by Crippen LogP contribution is -2.50. The normalized spacial score (nSPS) is 11.4. The van der Waals surface area contributed by atoms with E-state index in [2.05, 4.69) is 11.4 Å².